The third-order valence-corrected chi connectivity index (χ3v) is 10.7. The van der Waals surface area contributed by atoms with E-state index in [0.717, 1.165) is 5.56 Å². The summed E-state index contributed by atoms with van der Waals surface area (Å²) < 4.78 is 5.77. The maximum absolute atomic E-state index is 14.2. The zero-order valence-electron chi connectivity index (χ0n) is 32.8. The van der Waals surface area contributed by atoms with Crippen LogP contribution in [0.25, 0.3) is 0 Å². The van der Waals surface area contributed by atoms with E-state index in [1.165, 1.54) is 18.3 Å². The van der Waals surface area contributed by atoms with Crippen molar-refractivity contribution in [1.29, 1.82) is 0 Å². The van der Waals surface area contributed by atoms with Crippen molar-refractivity contribution in [2.24, 2.45) is 23.7 Å². The van der Waals surface area contributed by atoms with Gasteiger partial charge in [0.2, 0.25) is 11.8 Å². The zero-order valence-corrected chi connectivity index (χ0v) is 33.7. The number of carboxylic acids is 1. The molecule has 1 aromatic heterocycles. The summed E-state index contributed by atoms with van der Waals surface area (Å²) in [4.78, 5) is 73.5. The van der Waals surface area contributed by atoms with E-state index in [1.807, 2.05) is 90.7 Å². The van der Waals surface area contributed by atoms with Gasteiger partial charge in [0.05, 0.1) is 12.0 Å². The molecule has 0 aliphatic carbocycles. The number of carboxylic acid groups (broad SMARTS) is 1. The Kier molecular flexibility index (Phi) is 17.9. The molecule has 0 aliphatic rings. The Bertz CT molecular complexity index is 1470. The van der Waals surface area contributed by atoms with E-state index in [-0.39, 0.29) is 48.1 Å². The molecule has 12 nitrogen and oxygen atoms in total. The van der Waals surface area contributed by atoms with Crippen LogP contribution in [-0.2, 0) is 30.3 Å². The van der Waals surface area contributed by atoms with E-state index < -0.39 is 54.0 Å². The number of likely N-dealkylation sites (N-methyl/N-ethyl adjacent to an activating group) is 2. The summed E-state index contributed by atoms with van der Waals surface area (Å²) in [6.45, 7) is 17.5. The van der Waals surface area contributed by atoms with Crippen molar-refractivity contribution in [3.05, 3.63) is 52.0 Å². The number of nitrogens with zero attached hydrogens (tertiary/aromatic N) is 3. The van der Waals surface area contributed by atoms with E-state index in [9.17, 15) is 29.1 Å². The summed E-state index contributed by atoms with van der Waals surface area (Å²) in [6, 6.07) is 7.50. The summed E-state index contributed by atoms with van der Waals surface area (Å²) in [5, 5.41) is 17.6. The number of ether oxygens (including phenoxy) is 1. The topological polar surface area (TPSA) is 158 Å². The van der Waals surface area contributed by atoms with Gasteiger partial charge >= 0.3 is 11.9 Å². The lowest BCUT2D eigenvalue weighted by Crippen LogP contribution is -2.58. The molecule has 0 saturated carbocycles. The number of aromatic nitrogens is 1. The fourth-order valence-corrected chi connectivity index (χ4v) is 7.27. The molecular formula is C39H61N5O7S. The number of rotatable bonds is 21. The SMILES string of the molecule is CC[C@H](C)[C@H](NC(=O)[C@@H](C(C)C)N(C)CC)C(=O)N(C)[C@H](C[C@@H](OC(C)=O)c1nc(C(=O)N[C@@H](Cc2ccccc2)C[C@H](C)C(=O)O)cs1)C(C)C. The van der Waals surface area contributed by atoms with Gasteiger partial charge < -0.3 is 25.4 Å². The summed E-state index contributed by atoms with van der Waals surface area (Å²) in [5.74, 6) is -3.20. The maximum atomic E-state index is 14.2. The van der Waals surface area contributed by atoms with Crippen LogP contribution in [0.4, 0.5) is 0 Å². The first kappa shape index (κ1) is 44.3. The summed E-state index contributed by atoms with van der Waals surface area (Å²) in [7, 11) is 3.61. The van der Waals surface area contributed by atoms with Crippen molar-refractivity contribution in [3.8, 4) is 0 Å². The smallest absolute Gasteiger partial charge is 0.306 e. The number of hydrogen-bond acceptors (Lipinski definition) is 9. The monoisotopic (exact) mass is 743 g/mol. The molecule has 3 amide bonds. The summed E-state index contributed by atoms with van der Waals surface area (Å²) in [6.07, 6.45) is 0.715. The second-order valence-electron chi connectivity index (χ2n) is 14.6. The third-order valence-electron chi connectivity index (χ3n) is 9.78. The van der Waals surface area contributed by atoms with Gasteiger partial charge in [-0.3, -0.25) is 28.9 Å². The molecule has 1 aromatic carbocycles. The molecule has 2 rings (SSSR count). The number of benzene rings is 1. The largest absolute Gasteiger partial charge is 0.481 e. The highest BCUT2D eigenvalue weighted by Gasteiger charge is 2.37. The normalized spacial score (nSPS) is 15.7. The molecule has 290 valence electrons. The molecule has 2 aromatic rings. The van der Waals surface area contributed by atoms with Gasteiger partial charge in [-0.1, -0.05) is 92.1 Å². The average molecular weight is 744 g/mol. The Hall–Kier alpha value is -3.84. The molecule has 13 heteroatoms. The van der Waals surface area contributed by atoms with Crippen LogP contribution in [-0.4, -0.2) is 94.4 Å². The Morgan fingerprint density at radius 3 is 2.08 bits per heavy atom. The van der Waals surface area contributed by atoms with Crippen LogP contribution >= 0.6 is 11.3 Å². The quantitative estimate of drug-likeness (QED) is 0.139. The minimum Gasteiger partial charge on any atom is -0.481 e. The number of carbonyl (C=O) groups is 5. The first-order valence-corrected chi connectivity index (χ1v) is 19.3. The Balaban J connectivity index is 2.35. The van der Waals surface area contributed by atoms with Gasteiger partial charge in [0, 0.05) is 37.9 Å². The number of carbonyl (C=O) groups excluding carboxylic acids is 4. The predicted octanol–water partition coefficient (Wildman–Crippen LogP) is 5.58. The Morgan fingerprint density at radius 2 is 1.56 bits per heavy atom. The molecule has 1 heterocycles. The summed E-state index contributed by atoms with van der Waals surface area (Å²) in [5.41, 5.74) is 1.08. The second kappa shape index (κ2) is 21.0. The second-order valence-corrected chi connectivity index (χ2v) is 15.5. The van der Waals surface area contributed by atoms with E-state index in [2.05, 4.69) is 15.6 Å². The van der Waals surface area contributed by atoms with Crippen LogP contribution in [0, 0.1) is 23.7 Å². The minimum atomic E-state index is -0.947. The van der Waals surface area contributed by atoms with E-state index in [1.54, 1.807) is 24.3 Å². The van der Waals surface area contributed by atoms with Gasteiger partial charge in [-0.2, -0.15) is 0 Å². The molecule has 0 spiro atoms. The number of thiazole rings is 1. The lowest BCUT2D eigenvalue weighted by atomic mass is 9.92. The number of esters is 1. The fourth-order valence-electron chi connectivity index (χ4n) is 6.43. The molecule has 0 unspecified atom stereocenters. The highest BCUT2D eigenvalue weighted by Crippen LogP contribution is 2.31. The molecule has 0 fully saturated rings. The van der Waals surface area contributed by atoms with E-state index >= 15 is 0 Å². The maximum Gasteiger partial charge on any atom is 0.306 e. The van der Waals surface area contributed by atoms with Crippen molar-refractivity contribution < 1.29 is 33.8 Å². The van der Waals surface area contributed by atoms with Crippen LogP contribution in [0.2, 0.25) is 0 Å². The van der Waals surface area contributed by atoms with Crippen LogP contribution in [0.5, 0.6) is 0 Å². The van der Waals surface area contributed by atoms with Crippen LogP contribution in [0.1, 0.15) is 109 Å². The lowest BCUT2D eigenvalue weighted by Gasteiger charge is -2.38. The Morgan fingerprint density at radius 1 is 0.923 bits per heavy atom. The van der Waals surface area contributed by atoms with Crippen molar-refractivity contribution >= 4 is 41.0 Å². The number of aliphatic carboxylic acids is 1. The summed E-state index contributed by atoms with van der Waals surface area (Å²) >= 11 is 1.18. The average Bonchev–Trinajstić information content (AvgIpc) is 3.58. The molecule has 0 radical (unpaired) electrons. The van der Waals surface area contributed by atoms with Crippen LogP contribution in [0.3, 0.4) is 0 Å². The lowest BCUT2D eigenvalue weighted by molar-refractivity contribution is -0.149. The molecule has 0 saturated heterocycles. The molecule has 0 aliphatic heterocycles. The van der Waals surface area contributed by atoms with Crippen LogP contribution < -0.4 is 10.6 Å². The molecule has 7 atom stereocenters. The number of hydrogen-bond donors (Lipinski definition) is 3. The molecule has 3 N–H and O–H groups in total. The number of nitrogens with one attached hydrogen (secondary N) is 2. The van der Waals surface area contributed by atoms with Crippen LogP contribution in [0.15, 0.2) is 35.7 Å². The van der Waals surface area contributed by atoms with E-state index in [4.69, 9.17) is 4.74 Å². The Labute approximate surface area is 314 Å². The highest BCUT2D eigenvalue weighted by atomic mass is 32.1. The molecule has 0 bridgehead atoms. The first-order chi connectivity index (χ1) is 24.4. The minimum absolute atomic E-state index is 0.0385. The molecular weight excluding hydrogens is 683 g/mol. The van der Waals surface area contributed by atoms with Gasteiger partial charge in [0.15, 0.2) is 6.10 Å². The van der Waals surface area contributed by atoms with Gasteiger partial charge in [-0.25, -0.2) is 4.98 Å². The van der Waals surface area contributed by atoms with Crippen molar-refractivity contribution in [2.45, 2.75) is 118 Å². The van der Waals surface area contributed by atoms with Gasteiger partial charge in [-0.15, -0.1) is 11.3 Å². The van der Waals surface area contributed by atoms with E-state index in [0.29, 0.717) is 24.4 Å². The fraction of sp³-hybridized carbons (Fsp3) is 0.641. The zero-order chi connectivity index (χ0) is 39.3. The third kappa shape index (κ3) is 13.0. The standard InChI is InChI=1S/C39H61N5O7S/c1-12-25(7)33(42-36(47)34(24(5)6)43(10)13-2)38(48)44(11)31(23(3)4)21-32(51-27(9)45)37-41-30(22-52-37)35(46)40-29(19-26(8)39(49)50)20-28-17-15-14-16-18-28/h14-18,22-26,29,31-34H,12-13,19-21H2,1-11H3,(H,40,46)(H,42,47)(H,49,50)/t25-,26-,29+,31+,32+,33-,34+/m0/s1. The van der Waals surface area contributed by atoms with Crippen molar-refractivity contribution in [3.63, 3.8) is 0 Å². The van der Waals surface area contributed by atoms with Gasteiger partial charge in [0.25, 0.3) is 5.91 Å². The predicted molar refractivity (Wildman–Crippen MR) is 204 cm³/mol. The highest BCUT2D eigenvalue weighted by molar-refractivity contribution is 7.09. The number of amides is 3. The first-order valence-electron chi connectivity index (χ1n) is 18.4. The van der Waals surface area contributed by atoms with Crippen molar-refractivity contribution in [1.82, 2.24) is 25.4 Å². The van der Waals surface area contributed by atoms with Gasteiger partial charge in [-0.05, 0) is 49.8 Å². The van der Waals surface area contributed by atoms with Gasteiger partial charge in [0.1, 0.15) is 16.7 Å². The molecule has 52 heavy (non-hydrogen) atoms. The van der Waals surface area contributed by atoms with Crippen molar-refractivity contribution in [2.75, 3.05) is 20.6 Å².